The molecule has 2 atom stereocenters. The molecule has 0 amide bonds. The largest absolute Gasteiger partial charge is 0.432 e. The van der Waals surface area contributed by atoms with Gasteiger partial charge in [0.25, 0.3) is 6.47 Å². The molecule has 3 nitrogen and oxygen atoms in total. The van der Waals surface area contributed by atoms with Crippen molar-refractivity contribution < 1.29 is 9.53 Å². The van der Waals surface area contributed by atoms with Crippen LogP contribution in [0, 0.1) is 5.92 Å². The van der Waals surface area contributed by atoms with Crippen LogP contribution in [0.3, 0.4) is 0 Å². The van der Waals surface area contributed by atoms with Crippen LogP contribution in [0.4, 0.5) is 0 Å². The van der Waals surface area contributed by atoms with Gasteiger partial charge < -0.3 is 4.74 Å². The Labute approximate surface area is 72.0 Å². The predicted molar refractivity (Wildman–Crippen MR) is 44.4 cm³/mol. The number of carbonyl (C=O) groups excluding carboxylic acids is 1. The van der Waals surface area contributed by atoms with Gasteiger partial charge in [-0.05, 0) is 31.4 Å². The van der Waals surface area contributed by atoms with Crippen molar-refractivity contribution in [2.45, 2.75) is 12.8 Å². The van der Waals surface area contributed by atoms with Crippen LogP contribution in [0.2, 0.25) is 0 Å². The summed E-state index contributed by atoms with van der Waals surface area (Å²) in [6, 6.07) is 0. The molecule has 1 fully saturated rings. The molecule has 0 radical (unpaired) electrons. The van der Waals surface area contributed by atoms with E-state index >= 15 is 0 Å². The van der Waals surface area contributed by atoms with Gasteiger partial charge in [-0.15, -0.1) is 0 Å². The number of rotatable bonds is 2. The second-order valence-electron chi connectivity index (χ2n) is 3.48. The molecule has 2 bridgehead atoms. The van der Waals surface area contributed by atoms with Crippen molar-refractivity contribution in [1.82, 2.24) is 4.90 Å². The van der Waals surface area contributed by atoms with E-state index in [0.717, 1.165) is 25.4 Å². The molecule has 2 unspecified atom stereocenters. The minimum absolute atomic E-state index is 0.522. The number of fused-ring (bicyclic) bond motifs is 2. The van der Waals surface area contributed by atoms with Gasteiger partial charge in [0.05, 0.1) is 6.54 Å². The van der Waals surface area contributed by atoms with E-state index in [1.54, 1.807) is 0 Å². The maximum absolute atomic E-state index is 10.1. The molecule has 0 aromatic rings. The maximum atomic E-state index is 10.1. The maximum Gasteiger partial charge on any atom is 0.298 e. The van der Waals surface area contributed by atoms with E-state index in [-0.39, 0.29) is 0 Å². The van der Waals surface area contributed by atoms with Crippen LogP contribution in [-0.4, -0.2) is 31.0 Å². The molecule has 3 heteroatoms. The van der Waals surface area contributed by atoms with Gasteiger partial charge >= 0.3 is 0 Å². The highest BCUT2D eigenvalue weighted by Gasteiger charge is 2.24. The first kappa shape index (κ1) is 7.80. The third-order valence-electron chi connectivity index (χ3n) is 2.54. The highest BCUT2D eigenvalue weighted by Crippen LogP contribution is 2.24. The molecule has 0 aromatic heterocycles. The third kappa shape index (κ3) is 1.50. The second kappa shape index (κ2) is 3.27. The highest BCUT2D eigenvalue weighted by atomic mass is 16.5. The first-order chi connectivity index (χ1) is 5.88. The Kier molecular flexibility index (Phi) is 2.13. The van der Waals surface area contributed by atoms with Gasteiger partial charge in [-0.25, -0.2) is 0 Å². The van der Waals surface area contributed by atoms with Crippen LogP contribution in [0.1, 0.15) is 12.8 Å². The molecule has 1 saturated heterocycles. The number of hydrogen-bond acceptors (Lipinski definition) is 3. The summed E-state index contributed by atoms with van der Waals surface area (Å²) >= 11 is 0. The van der Waals surface area contributed by atoms with Crippen molar-refractivity contribution in [3.63, 3.8) is 0 Å². The molecule has 0 saturated carbocycles. The smallest absolute Gasteiger partial charge is 0.298 e. The van der Waals surface area contributed by atoms with Crippen LogP contribution in [0.15, 0.2) is 11.8 Å². The normalized spacial score (nSPS) is 33.8. The molecule has 2 aliphatic rings. The SMILES string of the molecule is O=COC1=CC2CCCN(C1)C2. The van der Waals surface area contributed by atoms with Gasteiger partial charge in [-0.1, -0.05) is 0 Å². The van der Waals surface area contributed by atoms with Crippen molar-refractivity contribution in [1.29, 1.82) is 0 Å². The van der Waals surface area contributed by atoms with E-state index in [1.807, 2.05) is 0 Å². The molecule has 0 N–H and O–H groups in total. The van der Waals surface area contributed by atoms with Gasteiger partial charge in [0.2, 0.25) is 0 Å². The molecule has 0 aliphatic carbocycles. The van der Waals surface area contributed by atoms with Crippen molar-refractivity contribution in [2.24, 2.45) is 5.92 Å². The van der Waals surface area contributed by atoms with E-state index in [9.17, 15) is 4.79 Å². The number of nitrogens with zero attached hydrogens (tertiary/aromatic N) is 1. The number of hydrogen-bond donors (Lipinski definition) is 0. The van der Waals surface area contributed by atoms with Gasteiger partial charge in [-0.3, -0.25) is 9.69 Å². The Balaban J connectivity index is 2.06. The quantitative estimate of drug-likeness (QED) is 0.569. The van der Waals surface area contributed by atoms with Crippen LogP contribution in [0.25, 0.3) is 0 Å². The molecule has 0 spiro atoms. The lowest BCUT2D eigenvalue weighted by Crippen LogP contribution is -2.39. The van der Waals surface area contributed by atoms with Crippen LogP contribution < -0.4 is 0 Å². The standard InChI is InChI=1S/C9H13NO2/c11-7-12-9-4-8-2-1-3-10(5-8)6-9/h4,7-8H,1-3,5-6H2. The summed E-state index contributed by atoms with van der Waals surface area (Å²) < 4.78 is 4.86. The predicted octanol–water partition coefficient (Wildman–Crippen LogP) is 0.769. The van der Waals surface area contributed by atoms with Crippen LogP contribution >= 0.6 is 0 Å². The lowest BCUT2D eigenvalue weighted by atomic mass is 9.94. The van der Waals surface area contributed by atoms with E-state index in [0.29, 0.717) is 12.4 Å². The molecule has 2 heterocycles. The zero-order valence-electron chi connectivity index (χ0n) is 7.03. The van der Waals surface area contributed by atoms with Crippen LogP contribution in [-0.2, 0) is 9.53 Å². The first-order valence-electron chi connectivity index (χ1n) is 4.42. The molecule has 2 rings (SSSR count). The highest BCUT2D eigenvalue weighted by molar-refractivity contribution is 5.40. The monoisotopic (exact) mass is 167 g/mol. The summed E-state index contributed by atoms with van der Waals surface area (Å²) in [7, 11) is 0. The Morgan fingerprint density at radius 2 is 2.58 bits per heavy atom. The minimum atomic E-state index is 0.522. The van der Waals surface area contributed by atoms with Crippen molar-refractivity contribution >= 4 is 6.47 Å². The number of ether oxygens (including phenoxy) is 1. The van der Waals surface area contributed by atoms with Crippen molar-refractivity contribution in [3.8, 4) is 0 Å². The molecule has 12 heavy (non-hydrogen) atoms. The molecule has 2 aliphatic heterocycles. The topological polar surface area (TPSA) is 29.5 Å². The summed E-state index contributed by atoms with van der Waals surface area (Å²) in [5.41, 5.74) is 0. The zero-order valence-corrected chi connectivity index (χ0v) is 7.03. The van der Waals surface area contributed by atoms with Gasteiger partial charge in [0.15, 0.2) is 0 Å². The van der Waals surface area contributed by atoms with E-state index < -0.39 is 0 Å². The van der Waals surface area contributed by atoms with Gasteiger partial charge in [0.1, 0.15) is 5.76 Å². The molecule has 0 aromatic carbocycles. The van der Waals surface area contributed by atoms with Crippen LogP contribution in [0.5, 0.6) is 0 Å². The van der Waals surface area contributed by atoms with E-state index in [4.69, 9.17) is 4.74 Å². The van der Waals surface area contributed by atoms with E-state index in [2.05, 4.69) is 11.0 Å². The average molecular weight is 167 g/mol. The fourth-order valence-corrected chi connectivity index (χ4v) is 2.05. The summed E-state index contributed by atoms with van der Waals surface area (Å²) in [5, 5.41) is 0. The van der Waals surface area contributed by atoms with Crippen molar-refractivity contribution in [2.75, 3.05) is 19.6 Å². The Hall–Kier alpha value is -0.830. The molecular weight excluding hydrogens is 154 g/mol. The molecular formula is C9H13NO2. The Bertz CT molecular complexity index is 213. The Morgan fingerprint density at radius 3 is 3.33 bits per heavy atom. The first-order valence-corrected chi connectivity index (χ1v) is 4.42. The van der Waals surface area contributed by atoms with Gasteiger partial charge in [-0.2, -0.15) is 0 Å². The van der Waals surface area contributed by atoms with Crippen molar-refractivity contribution in [3.05, 3.63) is 11.8 Å². The lowest BCUT2D eigenvalue weighted by molar-refractivity contribution is -0.125. The zero-order chi connectivity index (χ0) is 8.39. The summed E-state index contributed by atoms with van der Waals surface area (Å²) in [6.45, 7) is 3.63. The summed E-state index contributed by atoms with van der Waals surface area (Å²) in [4.78, 5) is 12.5. The van der Waals surface area contributed by atoms with E-state index in [1.165, 1.54) is 12.8 Å². The molecule has 66 valence electrons. The summed E-state index contributed by atoms with van der Waals surface area (Å²) in [6.07, 6.45) is 4.61. The lowest BCUT2D eigenvalue weighted by Gasteiger charge is -2.35. The minimum Gasteiger partial charge on any atom is -0.432 e. The van der Waals surface area contributed by atoms with Gasteiger partial charge in [0, 0.05) is 6.54 Å². The summed E-state index contributed by atoms with van der Waals surface area (Å²) in [5.74, 6) is 1.45. The second-order valence-corrected chi connectivity index (χ2v) is 3.48. The fourth-order valence-electron chi connectivity index (χ4n) is 2.05. The fraction of sp³-hybridized carbons (Fsp3) is 0.667. The number of carbonyl (C=O) groups is 1. The third-order valence-corrected chi connectivity index (χ3v) is 2.54. The number of piperidine rings is 1. The average Bonchev–Trinajstić information content (AvgIpc) is 2.04. The Morgan fingerprint density at radius 1 is 1.67 bits per heavy atom.